The summed E-state index contributed by atoms with van der Waals surface area (Å²) in [5.41, 5.74) is 0. The number of amides is 1. The highest BCUT2D eigenvalue weighted by Gasteiger charge is 2.28. The summed E-state index contributed by atoms with van der Waals surface area (Å²) in [6.45, 7) is 5.73. The Kier molecular flexibility index (Phi) is 4.57. The Hall–Kier alpha value is -1.69. The zero-order valence-corrected chi connectivity index (χ0v) is 13.8. The van der Waals surface area contributed by atoms with Crippen LogP contribution in [0, 0.1) is 0 Å². The maximum absolute atomic E-state index is 12.3. The Balaban J connectivity index is 1.60. The van der Waals surface area contributed by atoms with Gasteiger partial charge in [-0.2, -0.15) is 4.98 Å². The fourth-order valence-corrected chi connectivity index (χ4v) is 3.37. The number of carbonyl (C=O) groups excluding carboxylic acids is 1. The van der Waals surface area contributed by atoms with Gasteiger partial charge in [0.15, 0.2) is 5.82 Å². The van der Waals surface area contributed by atoms with Gasteiger partial charge in [-0.15, -0.1) is 11.3 Å². The smallest absolute Gasteiger partial charge is 0.263 e. The molecule has 1 amide bonds. The van der Waals surface area contributed by atoms with Crippen molar-refractivity contribution in [2.45, 2.75) is 44.9 Å². The molecule has 1 fully saturated rings. The largest absolute Gasteiger partial charge is 0.339 e. The summed E-state index contributed by atoms with van der Waals surface area (Å²) >= 11 is 1.50. The minimum Gasteiger partial charge on any atom is -0.339 e. The second-order valence-corrected chi connectivity index (χ2v) is 6.79. The molecule has 0 radical (unpaired) electrons. The molecule has 0 N–H and O–H groups in total. The summed E-state index contributed by atoms with van der Waals surface area (Å²) < 4.78 is 5.43. The van der Waals surface area contributed by atoms with Crippen LogP contribution in [-0.4, -0.2) is 34.0 Å². The van der Waals surface area contributed by atoms with E-state index >= 15 is 0 Å². The Labute approximate surface area is 134 Å². The van der Waals surface area contributed by atoms with Crippen LogP contribution in [0.4, 0.5) is 0 Å². The Morgan fingerprint density at radius 1 is 1.50 bits per heavy atom. The van der Waals surface area contributed by atoms with Gasteiger partial charge in [0.1, 0.15) is 0 Å². The average Bonchev–Trinajstić information content (AvgIpc) is 3.25. The van der Waals surface area contributed by atoms with Crippen molar-refractivity contribution in [3.63, 3.8) is 0 Å². The first-order chi connectivity index (χ1) is 10.7. The van der Waals surface area contributed by atoms with Gasteiger partial charge < -0.3 is 9.42 Å². The zero-order valence-electron chi connectivity index (χ0n) is 13.0. The van der Waals surface area contributed by atoms with Crippen molar-refractivity contribution in [3.05, 3.63) is 34.1 Å². The number of carbonyl (C=O) groups is 1. The van der Waals surface area contributed by atoms with Crippen LogP contribution in [0.3, 0.4) is 0 Å². The molecule has 1 atom stereocenters. The summed E-state index contributed by atoms with van der Waals surface area (Å²) in [4.78, 5) is 19.6. The number of aromatic nitrogens is 2. The van der Waals surface area contributed by atoms with Crippen molar-refractivity contribution in [1.29, 1.82) is 0 Å². The third kappa shape index (κ3) is 3.06. The van der Waals surface area contributed by atoms with Crippen LogP contribution in [-0.2, 0) is 0 Å². The second-order valence-electron chi connectivity index (χ2n) is 5.84. The van der Waals surface area contributed by atoms with Gasteiger partial charge in [0, 0.05) is 24.9 Å². The van der Waals surface area contributed by atoms with Gasteiger partial charge in [0.2, 0.25) is 5.89 Å². The molecule has 3 rings (SSSR count). The van der Waals surface area contributed by atoms with Crippen LogP contribution in [0.2, 0.25) is 0 Å². The predicted octanol–water partition coefficient (Wildman–Crippen LogP) is 3.66. The molecular weight excluding hydrogens is 298 g/mol. The molecule has 2 aromatic rings. The third-order valence-electron chi connectivity index (χ3n) is 4.37. The monoisotopic (exact) mass is 319 g/mol. The van der Waals surface area contributed by atoms with E-state index in [9.17, 15) is 4.79 Å². The van der Waals surface area contributed by atoms with E-state index in [2.05, 4.69) is 24.0 Å². The standard InChI is InChI=1S/C16H21N3O2S/c1-3-11(2)14-17-15(21-18-14)12-6-8-19(9-7-12)16(20)13-5-4-10-22-13/h4-5,10-12H,3,6-9H2,1-2H3/t11-/m1/s1. The van der Waals surface area contributed by atoms with Crippen molar-refractivity contribution in [3.8, 4) is 0 Å². The lowest BCUT2D eigenvalue weighted by Crippen LogP contribution is -2.37. The Bertz CT molecular complexity index is 615. The van der Waals surface area contributed by atoms with Gasteiger partial charge in [-0.05, 0) is 30.7 Å². The van der Waals surface area contributed by atoms with Gasteiger partial charge in [-0.25, -0.2) is 0 Å². The molecule has 0 aromatic carbocycles. The van der Waals surface area contributed by atoms with E-state index in [1.807, 2.05) is 22.4 Å². The quantitative estimate of drug-likeness (QED) is 0.863. The fourth-order valence-electron chi connectivity index (χ4n) is 2.68. The molecule has 0 unspecified atom stereocenters. The molecule has 1 aliphatic heterocycles. The molecule has 0 aliphatic carbocycles. The fraction of sp³-hybridized carbons (Fsp3) is 0.562. The maximum Gasteiger partial charge on any atom is 0.263 e. The molecule has 5 nitrogen and oxygen atoms in total. The van der Waals surface area contributed by atoms with Gasteiger partial charge >= 0.3 is 0 Å². The molecule has 0 bridgehead atoms. The lowest BCUT2D eigenvalue weighted by molar-refractivity contribution is 0.0709. The summed E-state index contributed by atoms with van der Waals surface area (Å²) in [6.07, 6.45) is 2.78. The van der Waals surface area contributed by atoms with Crippen molar-refractivity contribution in [1.82, 2.24) is 15.0 Å². The van der Waals surface area contributed by atoms with Crippen molar-refractivity contribution in [2.24, 2.45) is 0 Å². The molecule has 118 valence electrons. The van der Waals surface area contributed by atoms with Crippen LogP contribution >= 0.6 is 11.3 Å². The molecule has 1 aliphatic rings. The van der Waals surface area contributed by atoms with Crippen LogP contribution in [0.5, 0.6) is 0 Å². The number of likely N-dealkylation sites (tertiary alicyclic amines) is 1. The Morgan fingerprint density at radius 2 is 2.27 bits per heavy atom. The molecule has 0 spiro atoms. The lowest BCUT2D eigenvalue weighted by Gasteiger charge is -2.30. The minimum atomic E-state index is 0.138. The van der Waals surface area contributed by atoms with Crippen LogP contribution in [0.1, 0.15) is 66.3 Å². The topological polar surface area (TPSA) is 59.2 Å². The Morgan fingerprint density at radius 3 is 2.91 bits per heavy atom. The molecule has 1 saturated heterocycles. The van der Waals surface area contributed by atoms with E-state index < -0.39 is 0 Å². The van der Waals surface area contributed by atoms with E-state index in [-0.39, 0.29) is 11.8 Å². The highest BCUT2D eigenvalue weighted by molar-refractivity contribution is 7.12. The van der Waals surface area contributed by atoms with Crippen molar-refractivity contribution >= 4 is 17.2 Å². The number of rotatable bonds is 4. The van der Waals surface area contributed by atoms with E-state index in [0.29, 0.717) is 5.92 Å². The van der Waals surface area contributed by atoms with Gasteiger partial charge in [0.25, 0.3) is 5.91 Å². The van der Waals surface area contributed by atoms with Gasteiger partial charge in [0.05, 0.1) is 4.88 Å². The minimum absolute atomic E-state index is 0.138. The van der Waals surface area contributed by atoms with E-state index in [1.165, 1.54) is 11.3 Å². The number of nitrogens with zero attached hydrogens (tertiary/aromatic N) is 3. The van der Waals surface area contributed by atoms with E-state index in [0.717, 1.165) is 48.9 Å². The normalized spacial score (nSPS) is 17.6. The molecule has 3 heterocycles. The van der Waals surface area contributed by atoms with Crippen LogP contribution in [0.15, 0.2) is 22.0 Å². The second kappa shape index (κ2) is 6.60. The molecular formula is C16H21N3O2S. The van der Waals surface area contributed by atoms with E-state index in [4.69, 9.17) is 4.52 Å². The zero-order chi connectivity index (χ0) is 15.5. The maximum atomic E-state index is 12.3. The first-order valence-electron chi connectivity index (χ1n) is 7.85. The van der Waals surface area contributed by atoms with Crippen molar-refractivity contribution < 1.29 is 9.32 Å². The molecule has 6 heteroatoms. The number of thiophene rings is 1. The van der Waals surface area contributed by atoms with Crippen LogP contribution in [0.25, 0.3) is 0 Å². The molecule has 22 heavy (non-hydrogen) atoms. The van der Waals surface area contributed by atoms with Crippen molar-refractivity contribution in [2.75, 3.05) is 13.1 Å². The predicted molar refractivity (Wildman–Crippen MR) is 85.2 cm³/mol. The number of hydrogen-bond donors (Lipinski definition) is 0. The summed E-state index contributed by atoms with van der Waals surface area (Å²) in [5, 5.41) is 6.03. The average molecular weight is 319 g/mol. The summed E-state index contributed by atoms with van der Waals surface area (Å²) in [6, 6.07) is 3.80. The highest BCUT2D eigenvalue weighted by atomic mass is 32.1. The van der Waals surface area contributed by atoms with Gasteiger partial charge in [-0.1, -0.05) is 25.1 Å². The molecule has 2 aromatic heterocycles. The third-order valence-corrected chi connectivity index (χ3v) is 5.23. The highest BCUT2D eigenvalue weighted by Crippen LogP contribution is 2.29. The van der Waals surface area contributed by atoms with Crippen LogP contribution < -0.4 is 0 Å². The van der Waals surface area contributed by atoms with E-state index in [1.54, 1.807) is 0 Å². The summed E-state index contributed by atoms with van der Waals surface area (Å²) in [5.74, 6) is 2.28. The molecule has 0 saturated carbocycles. The van der Waals surface area contributed by atoms with Gasteiger partial charge in [-0.3, -0.25) is 4.79 Å². The first-order valence-corrected chi connectivity index (χ1v) is 8.73. The summed E-state index contributed by atoms with van der Waals surface area (Å²) in [7, 11) is 0. The first kappa shape index (κ1) is 15.2. The number of piperidine rings is 1. The SMILES string of the molecule is CC[C@@H](C)c1noc(C2CCN(C(=O)c3cccs3)CC2)n1. The lowest BCUT2D eigenvalue weighted by atomic mass is 9.96. The number of hydrogen-bond acceptors (Lipinski definition) is 5.